The molecule has 0 spiro atoms. The van der Waals surface area contributed by atoms with Gasteiger partial charge in [-0.05, 0) is 23.6 Å². The fraction of sp³-hybridized carbons (Fsp3) is 0.217. The molecule has 0 aliphatic rings. The fourth-order valence-corrected chi connectivity index (χ4v) is 4.10. The van der Waals surface area contributed by atoms with Gasteiger partial charge in [0.1, 0.15) is 6.54 Å². The average molecular weight is 440 g/mol. The molecule has 1 N–H and O–H groups in total. The van der Waals surface area contributed by atoms with Crippen LogP contribution in [0.1, 0.15) is 17.2 Å². The van der Waals surface area contributed by atoms with Gasteiger partial charge in [0.2, 0.25) is 15.9 Å². The number of nitrogens with zero attached hydrogens (tertiary/aromatic N) is 2. The van der Waals surface area contributed by atoms with Gasteiger partial charge in [-0.3, -0.25) is 9.59 Å². The molecule has 0 saturated heterocycles. The lowest BCUT2D eigenvalue weighted by Gasteiger charge is -2.20. The zero-order chi connectivity index (χ0) is 22.4. The molecule has 162 valence electrons. The molecule has 0 aliphatic heterocycles. The number of benzene rings is 2. The third kappa shape index (κ3) is 5.68. The number of hydrogen-bond donors (Lipinski definition) is 1. The van der Waals surface area contributed by atoms with E-state index in [1.165, 1.54) is 26.4 Å². The molecule has 1 heterocycles. The van der Waals surface area contributed by atoms with E-state index in [1.807, 2.05) is 60.7 Å². The Balaban J connectivity index is 1.82. The van der Waals surface area contributed by atoms with Gasteiger partial charge in [0.05, 0.1) is 10.9 Å². The maximum absolute atomic E-state index is 12.8. The topological polar surface area (TPSA) is 88.5 Å². The number of pyridine rings is 1. The quantitative estimate of drug-likeness (QED) is 0.583. The van der Waals surface area contributed by atoms with Crippen molar-refractivity contribution >= 4 is 15.9 Å². The number of nitrogens with one attached hydrogen (secondary N) is 1. The number of sulfonamides is 1. The number of hydrogen-bond acceptors (Lipinski definition) is 4. The second-order valence-electron chi connectivity index (χ2n) is 7.34. The summed E-state index contributed by atoms with van der Waals surface area (Å²) >= 11 is 0. The summed E-state index contributed by atoms with van der Waals surface area (Å²) in [6.45, 7) is -0.284. The van der Waals surface area contributed by atoms with Crippen molar-refractivity contribution in [1.82, 2.24) is 14.2 Å². The Morgan fingerprint density at radius 1 is 0.968 bits per heavy atom. The minimum Gasteiger partial charge on any atom is -0.347 e. The molecular weight excluding hydrogens is 414 g/mol. The van der Waals surface area contributed by atoms with Crippen molar-refractivity contribution in [3.8, 4) is 0 Å². The first-order valence-electron chi connectivity index (χ1n) is 9.78. The summed E-state index contributed by atoms with van der Waals surface area (Å²) in [5.41, 5.74) is 1.55. The number of carbonyl (C=O) groups excluding carboxylic acids is 1. The van der Waals surface area contributed by atoms with Crippen molar-refractivity contribution in [3.63, 3.8) is 0 Å². The molecule has 2 aromatic carbocycles. The highest BCUT2D eigenvalue weighted by Crippen LogP contribution is 2.18. The van der Waals surface area contributed by atoms with Gasteiger partial charge in [-0.2, -0.15) is 0 Å². The van der Waals surface area contributed by atoms with E-state index in [9.17, 15) is 18.0 Å². The van der Waals surface area contributed by atoms with E-state index >= 15 is 0 Å². The van der Waals surface area contributed by atoms with Crippen LogP contribution in [0.25, 0.3) is 0 Å². The normalized spacial score (nSPS) is 12.5. The maximum Gasteiger partial charge on any atom is 0.251 e. The van der Waals surface area contributed by atoms with E-state index in [1.54, 1.807) is 0 Å². The molecule has 31 heavy (non-hydrogen) atoms. The monoisotopic (exact) mass is 439 g/mol. The maximum atomic E-state index is 12.8. The highest BCUT2D eigenvalue weighted by atomic mass is 32.2. The van der Waals surface area contributed by atoms with Crippen LogP contribution >= 0.6 is 0 Å². The van der Waals surface area contributed by atoms with Gasteiger partial charge in [0, 0.05) is 26.4 Å². The summed E-state index contributed by atoms with van der Waals surface area (Å²) in [5.74, 6) is -0.383. The second kappa shape index (κ2) is 9.72. The smallest absolute Gasteiger partial charge is 0.251 e. The lowest BCUT2D eigenvalue weighted by atomic mass is 9.99. The molecule has 3 rings (SSSR count). The van der Waals surface area contributed by atoms with Crippen LogP contribution in [0.15, 0.2) is 88.7 Å². The molecule has 8 heteroatoms. The molecular formula is C23H25N3O4S. The summed E-state index contributed by atoms with van der Waals surface area (Å²) < 4.78 is 26.9. The van der Waals surface area contributed by atoms with Crippen LogP contribution < -0.4 is 10.9 Å². The zero-order valence-corrected chi connectivity index (χ0v) is 18.2. The first-order chi connectivity index (χ1) is 14.8. The van der Waals surface area contributed by atoms with E-state index < -0.39 is 15.6 Å². The van der Waals surface area contributed by atoms with E-state index in [0.29, 0.717) is 6.42 Å². The van der Waals surface area contributed by atoms with Crippen LogP contribution in [-0.4, -0.2) is 37.3 Å². The van der Waals surface area contributed by atoms with Crippen molar-refractivity contribution in [2.24, 2.45) is 0 Å². The Bertz CT molecular complexity index is 1190. The molecule has 0 saturated carbocycles. The van der Waals surface area contributed by atoms with E-state index in [4.69, 9.17) is 0 Å². The van der Waals surface area contributed by atoms with Crippen LogP contribution in [0.5, 0.6) is 0 Å². The summed E-state index contributed by atoms with van der Waals surface area (Å²) in [4.78, 5) is 25.0. The molecule has 3 aromatic rings. The Kier molecular flexibility index (Phi) is 7.04. The van der Waals surface area contributed by atoms with Crippen molar-refractivity contribution in [1.29, 1.82) is 0 Å². The van der Waals surface area contributed by atoms with E-state index in [-0.39, 0.29) is 23.4 Å². The van der Waals surface area contributed by atoms with Crippen molar-refractivity contribution < 1.29 is 13.2 Å². The molecule has 0 fully saturated rings. The summed E-state index contributed by atoms with van der Waals surface area (Å²) in [5, 5.41) is 2.98. The van der Waals surface area contributed by atoms with Crippen LogP contribution in [0.3, 0.4) is 0 Å². The molecule has 1 atom stereocenters. The lowest BCUT2D eigenvalue weighted by Crippen LogP contribution is -2.35. The van der Waals surface area contributed by atoms with Crippen molar-refractivity contribution in [2.75, 3.05) is 14.1 Å². The number of amides is 1. The van der Waals surface area contributed by atoms with Gasteiger partial charge in [-0.25, -0.2) is 12.7 Å². The zero-order valence-electron chi connectivity index (χ0n) is 17.4. The van der Waals surface area contributed by atoms with Gasteiger partial charge in [-0.15, -0.1) is 0 Å². The highest BCUT2D eigenvalue weighted by molar-refractivity contribution is 7.89. The van der Waals surface area contributed by atoms with Gasteiger partial charge in [0.25, 0.3) is 5.56 Å². The van der Waals surface area contributed by atoms with E-state index in [0.717, 1.165) is 26.1 Å². The second-order valence-corrected chi connectivity index (χ2v) is 9.49. The van der Waals surface area contributed by atoms with Crippen LogP contribution in [0.2, 0.25) is 0 Å². The molecule has 0 bridgehead atoms. The predicted octanol–water partition coefficient (Wildman–Crippen LogP) is 2.20. The summed E-state index contributed by atoms with van der Waals surface area (Å²) in [6.07, 6.45) is 1.78. The Morgan fingerprint density at radius 2 is 1.58 bits per heavy atom. The van der Waals surface area contributed by atoms with Gasteiger partial charge in [0.15, 0.2) is 0 Å². The number of aromatic nitrogens is 1. The summed E-state index contributed by atoms with van der Waals surface area (Å²) in [7, 11) is -0.900. The molecule has 1 amide bonds. The number of rotatable bonds is 8. The average Bonchev–Trinajstić information content (AvgIpc) is 2.76. The Hall–Kier alpha value is -3.23. The minimum atomic E-state index is -3.72. The van der Waals surface area contributed by atoms with Gasteiger partial charge >= 0.3 is 0 Å². The molecule has 0 unspecified atom stereocenters. The van der Waals surface area contributed by atoms with Crippen molar-refractivity contribution in [3.05, 3.63) is 100 Å². The van der Waals surface area contributed by atoms with E-state index in [2.05, 4.69) is 5.32 Å². The first kappa shape index (κ1) is 22.5. The van der Waals surface area contributed by atoms with Crippen LogP contribution in [0.4, 0.5) is 0 Å². The molecule has 7 nitrogen and oxygen atoms in total. The SMILES string of the molecule is CN(C)S(=O)(=O)c1ccc(=O)n(CC(=O)N[C@H](Cc2ccccc2)c2ccccc2)c1. The highest BCUT2D eigenvalue weighted by Gasteiger charge is 2.20. The third-order valence-electron chi connectivity index (χ3n) is 4.87. The summed E-state index contributed by atoms with van der Waals surface area (Å²) in [6, 6.07) is 21.5. The molecule has 1 aromatic heterocycles. The van der Waals surface area contributed by atoms with Crippen LogP contribution in [-0.2, 0) is 27.8 Å². The fourth-order valence-electron chi connectivity index (χ4n) is 3.18. The predicted molar refractivity (Wildman–Crippen MR) is 119 cm³/mol. The first-order valence-corrected chi connectivity index (χ1v) is 11.2. The molecule has 0 radical (unpaired) electrons. The van der Waals surface area contributed by atoms with Gasteiger partial charge in [-0.1, -0.05) is 60.7 Å². The minimum absolute atomic E-state index is 0.0474. The Labute approximate surface area is 182 Å². The van der Waals surface area contributed by atoms with Crippen molar-refractivity contribution in [2.45, 2.75) is 23.9 Å². The third-order valence-corrected chi connectivity index (χ3v) is 6.67. The largest absolute Gasteiger partial charge is 0.347 e. The van der Waals surface area contributed by atoms with Crippen LogP contribution in [0, 0.1) is 0 Å². The standard InChI is InChI=1S/C23H25N3O4S/c1-25(2)31(29,30)20-13-14-23(28)26(16-20)17-22(27)24-21(19-11-7-4-8-12-19)15-18-9-5-3-6-10-18/h3-14,16,21H,15,17H2,1-2H3,(H,24,27)/t21-/m1/s1. The van der Waals surface area contributed by atoms with Gasteiger partial charge < -0.3 is 9.88 Å². The molecule has 0 aliphatic carbocycles. The Morgan fingerprint density at radius 3 is 2.19 bits per heavy atom. The number of carbonyl (C=O) groups is 1. The lowest BCUT2D eigenvalue weighted by molar-refractivity contribution is -0.122.